The minimum Gasteiger partial charge on any atom is -0.284 e. The number of anilines is 2. The van der Waals surface area contributed by atoms with Crippen LogP contribution in [-0.2, 0) is 20.0 Å². The van der Waals surface area contributed by atoms with Crippen LogP contribution in [0.1, 0.15) is 0 Å². The largest absolute Gasteiger partial charge is 0.284 e. The number of halogens is 2. The van der Waals surface area contributed by atoms with E-state index in [1.807, 2.05) is 12.1 Å². The molecule has 0 spiro atoms. The van der Waals surface area contributed by atoms with Gasteiger partial charge in [-0.25, -0.2) is 16.8 Å². The molecule has 2 aromatic rings. The zero-order valence-electron chi connectivity index (χ0n) is 12.8. The summed E-state index contributed by atoms with van der Waals surface area (Å²) in [6.45, 7) is 0. The fourth-order valence-electron chi connectivity index (χ4n) is 1.53. The molecule has 6 nitrogen and oxygen atoms in total. The number of sulfonamides is 2. The third-order valence-corrected chi connectivity index (χ3v) is 4.81. The summed E-state index contributed by atoms with van der Waals surface area (Å²) >= 11 is 4.24. The number of nitrogens with one attached hydrogen (secondary N) is 2. The van der Waals surface area contributed by atoms with E-state index in [1.165, 1.54) is 0 Å². The first-order chi connectivity index (χ1) is 10.9. The van der Waals surface area contributed by atoms with Gasteiger partial charge < -0.3 is 0 Å². The second kappa shape index (κ2) is 9.20. The first kappa shape index (κ1) is 21.4. The van der Waals surface area contributed by atoms with Gasteiger partial charge in [0.05, 0.1) is 12.5 Å². The molecule has 0 aliphatic heterocycles. The molecule has 0 amide bonds. The van der Waals surface area contributed by atoms with E-state index in [2.05, 4.69) is 54.6 Å². The van der Waals surface area contributed by atoms with Gasteiger partial charge in [-0.05, 0) is 81.6 Å². The van der Waals surface area contributed by atoms with Gasteiger partial charge in [0.25, 0.3) is 0 Å². The second-order valence-corrected chi connectivity index (χ2v) is 10.8. The monoisotopic (exact) mass is 594 g/mol. The van der Waals surface area contributed by atoms with Crippen LogP contribution in [0.15, 0.2) is 48.5 Å². The smallest absolute Gasteiger partial charge is 0.229 e. The Labute approximate surface area is 169 Å². The van der Waals surface area contributed by atoms with Crippen molar-refractivity contribution in [2.24, 2.45) is 0 Å². The molecule has 0 saturated heterocycles. The fraction of sp³-hybridized carbons (Fsp3) is 0.143. The molecule has 2 rings (SSSR count). The Morgan fingerprint density at radius 3 is 1.29 bits per heavy atom. The summed E-state index contributed by atoms with van der Waals surface area (Å²) in [5, 5.41) is 0. The number of rotatable bonds is 4. The van der Waals surface area contributed by atoms with Crippen LogP contribution in [0.2, 0.25) is 0 Å². The maximum Gasteiger partial charge on any atom is 0.229 e. The van der Waals surface area contributed by atoms with Crippen LogP contribution in [0, 0.1) is 7.14 Å². The third-order valence-electron chi connectivity index (χ3n) is 2.26. The van der Waals surface area contributed by atoms with E-state index in [0.717, 1.165) is 19.7 Å². The molecule has 0 radical (unpaired) electrons. The normalized spacial score (nSPS) is 11.2. The molecule has 0 unspecified atom stereocenters. The average molecular weight is 594 g/mol. The summed E-state index contributed by atoms with van der Waals surface area (Å²) in [5.74, 6) is 0. The van der Waals surface area contributed by atoms with E-state index in [9.17, 15) is 16.8 Å². The standard InChI is InChI=1S/2C7H8INO2S/c2*1-12(10,11)9-7-4-2-3-6(8)5-7/h2*2-5,9H,1H3. The molecule has 0 fully saturated rings. The maximum atomic E-state index is 10.8. The summed E-state index contributed by atoms with van der Waals surface area (Å²) in [7, 11) is -6.29. The molecule has 0 bridgehead atoms. The van der Waals surface area contributed by atoms with Crippen molar-refractivity contribution in [1.82, 2.24) is 0 Å². The van der Waals surface area contributed by atoms with Crippen LogP contribution in [0.4, 0.5) is 11.4 Å². The zero-order valence-corrected chi connectivity index (χ0v) is 18.8. The molecule has 2 N–H and O–H groups in total. The highest BCUT2D eigenvalue weighted by Crippen LogP contribution is 2.13. The molecular formula is C14H16I2N2O4S2. The highest BCUT2D eigenvalue weighted by Gasteiger charge is 2.01. The van der Waals surface area contributed by atoms with E-state index in [0.29, 0.717) is 11.4 Å². The molecule has 10 heteroatoms. The predicted octanol–water partition coefficient (Wildman–Crippen LogP) is 3.33. The molecule has 132 valence electrons. The van der Waals surface area contributed by atoms with Crippen molar-refractivity contribution in [3.63, 3.8) is 0 Å². The Balaban J connectivity index is 0.000000240. The van der Waals surface area contributed by atoms with Crippen molar-refractivity contribution in [3.05, 3.63) is 55.7 Å². The molecular weight excluding hydrogens is 578 g/mol. The van der Waals surface area contributed by atoms with Crippen molar-refractivity contribution >= 4 is 76.6 Å². The quantitative estimate of drug-likeness (QED) is 0.532. The van der Waals surface area contributed by atoms with Gasteiger partial charge in [-0.3, -0.25) is 9.44 Å². The van der Waals surface area contributed by atoms with Crippen LogP contribution in [0.3, 0.4) is 0 Å². The minimum atomic E-state index is -3.15. The molecule has 24 heavy (non-hydrogen) atoms. The van der Waals surface area contributed by atoms with Crippen molar-refractivity contribution in [2.75, 3.05) is 22.0 Å². The number of hydrogen-bond donors (Lipinski definition) is 2. The summed E-state index contributed by atoms with van der Waals surface area (Å²) in [4.78, 5) is 0. The summed E-state index contributed by atoms with van der Waals surface area (Å²) in [6, 6.07) is 14.3. The topological polar surface area (TPSA) is 92.3 Å². The van der Waals surface area contributed by atoms with Crippen molar-refractivity contribution in [1.29, 1.82) is 0 Å². The van der Waals surface area contributed by atoms with Crippen LogP contribution in [0.25, 0.3) is 0 Å². The lowest BCUT2D eigenvalue weighted by atomic mass is 10.3. The first-order valence-electron chi connectivity index (χ1n) is 6.41. The molecule has 0 aliphatic carbocycles. The Morgan fingerprint density at radius 1 is 0.708 bits per heavy atom. The molecule has 0 heterocycles. The number of benzene rings is 2. The average Bonchev–Trinajstić information content (AvgIpc) is 2.35. The van der Waals surface area contributed by atoms with Gasteiger partial charge >= 0.3 is 0 Å². The third kappa shape index (κ3) is 10.3. The van der Waals surface area contributed by atoms with Gasteiger partial charge in [-0.15, -0.1) is 0 Å². The lowest BCUT2D eigenvalue weighted by Gasteiger charge is -2.02. The van der Waals surface area contributed by atoms with Gasteiger partial charge in [0.1, 0.15) is 0 Å². The molecule has 0 saturated carbocycles. The molecule has 0 aromatic heterocycles. The highest BCUT2D eigenvalue weighted by atomic mass is 127. The minimum absolute atomic E-state index is 0.601. The lowest BCUT2D eigenvalue weighted by molar-refractivity contribution is 0.605. The lowest BCUT2D eigenvalue weighted by Crippen LogP contribution is -2.09. The highest BCUT2D eigenvalue weighted by molar-refractivity contribution is 14.1. The van der Waals surface area contributed by atoms with Crippen molar-refractivity contribution in [2.45, 2.75) is 0 Å². The second-order valence-electron chi connectivity index (χ2n) is 4.77. The van der Waals surface area contributed by atoms with Gasteiger partial charge in [0, 0.05) is 18.5 Å². The van der Waals surface area contributed by atoms with Gasteiger partial charge in [-0.2, -0.15) is 0 Å². The van der Waals surface area contributed by atoms with E-state index < -0.39 is 20.0 Å². The van der Waals surface area contributed by atoms with Crippen molar-refractivity contribution in [3.8, 4) is 0 Å². The Morgan fingerprint density at radius 2 is 1.04 bits per heavy atom. The Hall–Kier alpha value is -0.600. The SMILES string of the molecule is CS(=O)(=O)Nc1cccc(I)c1.CS(=O)(=O)Nc1cccc(I)c1. The van der Waals surface area contributed by atoms with Crippen LogP contribution in [-0.4, -0.2) is 29.3 Å². The van der Waals surface area contributed by atoms with Crippen LogP contribution < -0.4 is 9.44 Å². The van der Waals surface area contributed by atoms with Gasteiger partial charge in [0.15, 0.2) is 0 Å². The molecule has 0 aliphatic rings. The van der Waals surface area contributed by atoms with E-state index in [1.54, 1.807) is 36.4 Å². The van der Waals surface area contributed by atoms with Crippen LogP contribution in [0.5, 0.6) is 0 Å². The van der Waals surface area contributed by atoms with Crippen LogP contribution >= 0.6 is 45.2 Å². The molecule has 0 atom stereocenters. The van der Waals surface area contributed by atoms with Gasteiger partial charge in [-0.1, -0.05) is 12.1 Å². The maximum absolute atomic E-state index is 10.8. The first-order valence-corrected chi connectivity index (χ1v) is 12.4. The van der Waals surface area contributed by atoms with Crippen molar-refractivity contribution < 1.29 is 16.8 Å². The summed E-state index contributed by atoms with van der Waals surface area (Å²) in [6.07, 6.45) is 2.26. The summed E-state index contributed by atoms with van der Waals surface area (Å²) < 4.78 is 50.0. The van der Waals surface area contributed by atoms with E-state index >= 15 is 0 Å². The van der Waals surface area contributed by atoms with E-state index in [4.69, 9.17) is 0 Å². The Bertz CT molecular complexity index is 825. The van der Waals surface area contributed by atoms with Gasteiger partial charge in [0.2, 0.25) is 20.0 Å². The summed E-state index contributed by atoms with van der Waals surface area (Å²) in [5.41, 5.74) is 1.20. The predicted molar refractivity (Wildman–Crippen MR) is 115 cm³/mol. The fourth-order valence-corrected chi connectivity index (χ4v) is 3.73. The Kier molecular flexibility index (Phi) is 8.22. The zero-order chi connectivity index (χ0) is 18.4. The molecule has 2 aromatic carbocycles. The van der Waals surface area contributed by atoms with E-state index in [-0.39, 0.29) is 0 Å². The number of hydrogen-bond acceptors (Lipinski definition) is 4.